The fourth-order valence-electron chi connectivity index (χ4n) is 1.31. The number of hydrogen-bond acceptors (Lipinski definition) is 3. The van der Waals surface area contributed by atoms with E-state index in [0.29, 0.717) is 0 Å². The van der Waals surface area contributed by atoms with Crippen LogP contribution < -0.4 is 9.64 Å². The Hall–Kier alpha value is -1.69. The van der Waals surface area contributed by atoms with E-state index in [1.807, 2.05) is 29.2 Å². The first kappa shape index (κ1) is 7.93. The van der Waals surface area contributed by atoms with Crippen LogP contribution in [-0.2, 0) is 0 Å². The quantitative estimate of drug-likeness (QED) is 0.636. The number of nitriles is 1. The van der Waals surface area contributed by atoms with Crippen molar-refractivity contribution in [3.63, 3.8) is 0 Å². The van der Waals surface area contributed by atoms with Gasteiger partial charge in [-0.2, -0.15) is 5.26 Å². The molecule has 1 saturated heterocycles. The molecule has 0 aromatic heterocycles. The molecule has 1 atom stereocenters. The summed E-state index contributed by atoms with van der Waals surface area (Å²) in [5.74, 6) is 0.846. The van der Waals surface area contributed by atoms with E-state index in [2.05, 4.69) is 6.07 Å². The smallest absolute Gasteiger partial charge is 0.134 e. The summed E-state index contributed by atoms with van der Waals surface area (Å²) in [5, 5.41) is 8.62. The molecule has 3 heteroatoms. The van der Waals surface area contributed by atoms with Crippen molar-refractivity contribution in [3.8, 4) is 11.8 Å². The highest BCUT2D eigenvalue weighted by atomic mass is 16.5. The Bertz CT molecular complexity index is 339. The number of anilines is 1. The first-order valence-corrected chi connectivity index (χ1v) is 4.15. The van der Waals surface area contributed by atoms with E-state index in [-0.39, 0.29) is 6.04 Å². The SMILES string of the molecule is COc1ccc(N2C[C@H]2C#N)cc1. The number of hydrogen-bond donors (Lipinski definition) is 0. The van der Waals surface area contributed by atoms with Gasteiger partial charge in [-0.1, -0.05) is 0 Å². The first-order valence-electron chi connectivity index (χ1n) is 4.15. The molecule has 0 N–H and O–H groups in total. The maximum absolute atomic E-state index is 8.62. The number of rotatable bonds is 2. The van der Waals surface area contributed by atoms with Gasteiger partial charge in [0.15, 0.2) is 0 Å². The third-order valence-electron chi connectivity index (χ3n) is 2.17. The highest BCUT2D eigenvalue weighted by Gasteiger charge is 2.33. The molecule has 0 amide bonds. The molecule has 13 heavy (non-hydrogen) atoms. The van der Waals surface area contributed by atoms with Crippen LogP contribution in [0.15, 0.2) is 24.3 Å². The molecule has 1 heterocycles. The lowest BCUT2D eigenvalue weighted by atomic mass is 10.3. The van der Waals surface area contributed by atoms with Crippen LogP contribution in [0.2, 0.25) is 0 Å². The van der Waals surface area contributed by atoms with Crippen molar-refractivity contribution in [1.82, 2.24) is 0 Å². The molecule has 0 aliphatic carbocycles. The molecule has 0 spiro atoms. The van der Waals surface area contributed by atoms with E-state index in [9.17, 15) is 0 Å². The molecule has 0 unspecified atom stereocenters. The zero-order valence-electron chi connectivity index (χ0n) is 7.40. The fraction of sp³-hybridized carbons (Fsp3) is 0.300. The minimum atomic E-state index is 0.0772. The summed E-state index contributed by atoms with van der Waals surface area (Å²) in [6.45, 7) is 0.850. The average Bonchev–Trinajstić information content (AvgIpc) is 2.97. The highest BCUT2D eigenvalue weighted by Crippen LogP contribution is 2.28. The van der Waals surface area contributed by atoms with E-state index < -0.39 is 0 Å². The van der Waals surface area contributed by atoms with E-state index in [1.54, 1.807) is 7.11 Å². The van der Waals surface area contributed by atoms with Gasteiger partial charge in [0.05, 0.1) is 19.7 Å². The molecular formula is C10H10N2O. The van der Waals surface area contributed by atoms with Gasteiger partial charge < -0.3 is 9.64 Å². The van der Waals surface area contributed by atoms with E-state index in [0.717, 1.165) is 18.0 Å². The Labute approximate surface area is 77.2 Å². The van der Waals surface area contributed by atoms with Gasteiger partial charge in [0.1, 0.15) is 11.8 Å². The first-order chi connectivity index (χ1) is 6.35. The molecule has 0 radical (unpaired) electrons. The van der Waals surface area contributed by atoms with Crippen LogP contribution >= 0.6 is 0 Å². The number of benzene rings is 1. The lowest BCUT2D eigenvalue weighted by Crippen LogP contribution is -1.95. The summed E-state index contributed by atoms with van der Waals surface area (Å²) in [5.41, 5.74) is 1.09. The zero-order chi connectivity index (χ0) is 9.26. The van der Waals surface area contributed by atoms with Gasteiger partial charge in [-0.3, -0.25) is 0 Å². The molecule has 3 nitrogen and oxygen atoms in total. The molecule has 1 fully saturated rings. The zero-order valence-corrected chi connectivity index (χ0v) is 7.40. The second-order valence-electron chi connectivity index (χ2n) is 3.00. The molecule has 0 bridgehead atoms. The standard InChI is InChI=1S/C10H10N2O/c1-13-10-4-2-8(3-5-10)12-7-9(12)6-11/h2-5,9H,7H2,1H3/t9-,12?/m1/s1. The molecule has 1 aromatic rings. The molecule has 1 aliphatic heterocycles. The molecule has 66 valence electrons. The lowest BCUT2D eigenvalue weighted by molar-refractivity contribution is 0.415. The van der Waals surface area contributed by atoms with Gasteiger partial charge in [-0.05, 0) is 24.3 Å². The van der Waals surface area contributed by atoms with Crippen molar-refractivity contribution in [1.29, 1.82) is 5.26 Å². The maximum atomic E-state index is 8.62. The van der Waals surface area contributed by atoms with Crippen molar-refractivity contribution in [2.45, 2.75) is 6.04 Å². The number of methoxy groups -OCH3 is 1. The number of nitrogens with zero attached hydrogens (tertiary/aromatic N) is 2. The van der Waals surface area contributed by atoms with Crippen LogP contribution in [0.5, 0.6) is 5.75 Å². The van der Waals surface area contributed by atoms with Crippen molar-refractivity contribution in [2.75, 3.05) is 18.6 Å². The van der Waals surface area contributed by atoms with Crippen molar-refractivity contribution >= 4 is 5.69 Å². The normalized spacial score (nSPS) is 19.4. The molecular weight excluding hydrogens is 164 g/mol. The largest absolute Gasteiger partial charge is 0.497 e. The van der Waals surface area contributed by atoms with Crippen molar-refractivity contribution in [3.05, 3.63) is 24.3 Å². The Morgan fingerprint density at radius 2 is 2.15 bits per heavy atom. The number of ether oxygens (including phenoxy) is 1. The maximum Gasteiger partial charge on any atom is 0.134 e. The van der Waals surface area contributed by atoms with E-state index in [4.69, 9.17) is 10.00 Å². The third-order valence-corrected chi connectivity index (χ3v) is 2.17. The topological polar surface area (TPSA) is 36.0 Å². The van der Waals surface area contributed by atoms with Crippen LogP contribution in [0, 0.1) is 11.3 Å². The van der Waals surface area contributed by atoms with Crippen molar-refractivity contribution in [2.24, 2.45) is 0 Å². The van der Waals surface area contributed by atoms with Crippen LogP contribution in [0.25, 0.3) is 0 Å². The predicted octanol–water partition coefficient (Wildman–Crippen LogP) is 1.41. The summed E-state index contributed by atoms with van der Waals surface area (Å²) in [7, 11) is 1.64. The van der Waals surface area contributed by atoms with Crippen LogP contribution in [0.3, 0.4) is 0 Å². The van der Waals surface area contributed by atoms with E-state index >= 15 is 0 Å². The van der Waals surface area contributed by atoms with Crippen LogP contribution in [-0.4, -0.2) is 19.7 Å². The fourth-order valence-corrected chi connectivity index (χ4v) is 1.31. The van der Waals surface area contributed by atoms with Gasteiger partial charge in [0.25, 0.3) is 0 Å². The molecule has 2 rings (SSSR count). The molecule has 1 aromatic carbocycles. The van der Waals surface area contributed by atoms with Gasteiger partial charge in [-0.15, -0.1) is 0 Å². The van der Waals surface area contributed by atoms with Crippen LogP contribution in [0.1, 0.15) is 0 Å². The van der Waals surface area contributed by atoms with Gasteiger partial charge in [0, 0.05) is 5.69 Å². The summed E-state index contributed by atoms with van der Waals surface area (Å²) in [6, 6.07) is 10.0. The predicted molar refractivity (Wildman–Crippen MR) is 49.7 cm³/mol. The summed E-state index contributed by atoms with van der Waals surface area (Å²) in [4.78, 5) is 2.04. The summed E-state index contributed by atoms with van der Waals surface area (Å²) < 4.78 is 5.04. The van der Waals surface area contributed by atoms with Crippen molar-refractivity contribution < 1.29 is 4.74 Å². The Kier molecular flexibility index (Phi) is 1.82. The third kappa shape index (κ3) is 1.43. The minimum absolute atomic E-state index is 0.0772. The second-order valence-corrected chi connectivity index (χ2v) is 3.00. The van der Waals surface area contributed by atoms with Gasteiger partial charge in [-0.25, -0.2) is 0 Å². The van der Waals surface area contributed by atoms with Crippen LogP contribution in [0.4, 0.5) is 5.69 Å². The Morgan fingerprint density at radius 1 is 1.46 bits per heavy atom. The molecule has 1 aliphatic rings. The minimum Gasteiger partial charge on any atom is -0.497 e. The van der Waals surface area contributed by atoms with Gasteiger partial charge >= 0.3 is 0 Å². The molecule has 0 saturated carbocycles. The summed E-state index contributed by atoms with van der Waals surface area (Å²) in [6.07, 6.45) is 0. The Morgan fingerprint density at radius 3 is 2.62 bits per heavy atom. The lowest BCUT2D eigenvalue weighted by Gasteiger charge is -2.03. The Balaban J connectivity index is 2.12. The van der Waals surface area contributed by atoms with E-state index in [1.165, 1.54) is 0 Å². The monoisotopic (exact) mass is 174 g/mol. The average molecular weight is 174 g/mol. The van der Waals surface area contributed by atoms with Gasteiger partial charge in [0.2, 0.25) is 0 Å². The highest BCUT2D eigenvalue weighted by molar-refractivity contribution is 5.57. The second kappa shape index (κ2) is 2.98. The summed E-state index contributed by atoms with van der Waals surface area (Å²) >= 11 is 0.